The topological polar surface area (TPSA) is 85.8 Å². The molecular formula is C15H14Cl2N2O5S. The molecule has 0 fully saturated rings. The Morgan fingerprint density at radius 1 is 1.24 bits per heavy atom. The zero-order chi connectivity index (χ0) is 18.6. The molecule has 0 saturated carbocycles. The number of carbonyl (C=O) groups excluding carboxylic acids is 1. The standard InChI is InChI=1S/C15H14Cl2N2O5S/c1-19(23-2)25(21,22)13-7-11(4-5-12(13)16)15(20)24-9-10-3-6-14(17)18-8-10/h3-8H,9H2,1-2H3. The number of hydrogen-bond acceptors (Lipinski definition) is 6. The van der Waals surface area contributed by atoms with Gasteiger partial charge in [-0.1, -0.05) is 33.7 Å². The lowest BCUT2D eigenvalue weighted by Gasteiger charge is -2.15. The number of halogens is 2. The van der Waals surface area contributed by atoms with E-state index in [-0.39, 0.29) is 22.1 Å². The first kappa shape index (κ1) is 19.6. The zero-order valence-electron chi connectivity index (χ0n) is 13.3. The van der Waals surface area contributed by atoms with Gasteiger partial charge in [0.25, 0.3) is 10.0 Å². The van der Waals surface area contributed by atoms with Gasteiger partial charge in [0, 0.05) is 18.8 Å². The van der Waals surface area contributed by atoms with Gasteiger partial charge in [0.05, 0.1) is 17.7 Å². The normalized spacial score (nSPS) is 11.6. The van der Waals surface area contributed by atoms with Gasteiger partial charge in [-0.15, -0.1) is 0 Å². The smallest absolute Gasteiger partial charge is 0.338 e. The van der Waals surface area contributed by atoms with Crippen molar-refractivity contribution in [3.05, 3.63) is 57.8 Å². The highest BCUT2D eigenvalue weighted by Gasteiger charge is 2.25. The lowest BCUT2D eigenvalue weighted by Crippen LogP contribution is -2.26. The molecule has 0 amide bonds. The summed E-state index contributed by atoms with van der Waals surface area (Å²) in [4.78, 5) is 20.5. The van der Waals surface area contributed by atoms with E-state index in [9.17, 15) is 13.2 Å². The highest BCUT2D eigenvalue weighted by Crippen LogP contribution is 2.25. The molecule has 25 heavy (non-hydrogen) atoms. The largest absolute Gasteiger partial charge is 0.457 e. The van der Waals surface area contributed by atoms with Crippen LogP contribution in [-0.4, -0.2) is 38.0 Å². The molecule has 2 aromatic rings. The minimum atomic E-state index is -4.00. The Hall–Kier alpha value is -1.71. The fourth-order valence-corrected chi connectivity index (χ4v) is 3.37. The van der Waals surface area contributed by atoms with Crippen molar-refractivity contribution in [2.75, 3.05) is 14.2 Å². The predicted molar refractivity (Wildman–Crippen MR) is 91.8 cm³/mol. The van der Waals surface area contributed by atoms with Gasteiger partial charge in [-0.25, -0.2) is 18.2 Å². The van der Waals surface area contributed by atoms with Gasteiger partial charge in [-0.05, 0) is 24.3 Å². The number of carbonyl (C=O) groups is 1. The number of ether oxygens (including phenoxy) is 1. The molecule has 1 heterocycles. The summed E-state index contributed by atoms with van der Waals surface area (Å²) >= 11 is 11.6. The zero-order valence-corrected chi connectivity index (χ0v) is 15.6. The second-order valence-corrected chi connectivity index (χ2v) is 7.51. The summed E-state index contributed by atoms with van der Waals surface area (Å²) in [6, 6.07) is 7.04. The highest BCUT2D eigenvalue weighted by molar-refractivity contribution is 7.89. The third-order valence-corrected chi connectivity index (χ3v) is 5.58. The number of pyridine rings is 1. The Balaban J connectivity index is 2.21. The molecule has 0 atom stereocenters. The molecule has 0 spiro atoms. The van der Waals surface area contributed by atoms with Crippen molar-refractivity contribution < 1.29 is 22.8 Å². The number of nitrogens with zero attached hydrogens (tertiary/aromatic N) is 2. The maximum absolute atomic E-state index is 12.3. The van der Waals surface area contributed by atoms with Crippen LogP contribution < -0.4 is 0 Å². The monoisotopic (exact) mass is 404 g/mol. The molecule has 0 aliphatic heterocycles. The molecule has 1 aromatic carbocycles. The van der Waals surface area contributed by atoms with E-state index in [1.807, 2.05) is 0 Å². The molecule has 0 saturated heterocycles. The van der Waals surface area contributed by atoms with Crippen LogP contribution in [0.25, 0.3) is 0 Å². The first-order chi connectivity index (χ1) is 11.8. The van der Waals surface area contributed by atoms with Crippen molar-refractivity contribution in [3.8, 4) is 0 Å². The van der Waals surface area contributed by atoms with Crippen LogP contribution in [0.4, 0.5) is 0 Å². The van der Waals surface area contributed by atoms with E-state index in [4.69, 9.17) is 32.8 Å². The van der Waals surface area contributed by atoms with Gasteiger partial charge in [0.15, 0.2) is 0 Å². The van der Waals surface area contributed by atoms with E-state index in [0.29, 0.717) is 15.2 Å². The SMILES string of the molecule is CON(C)S(=O)(=O)c1cc(C(=O)OCc2ccc(Cl)nc2)ccc1Cl. The van der Waals surface area contributed by atoms with Crippen LogP contribution in [0.5, 0.6) is 0 Å². The number of hydroxylamine groups is 1. The molecule has 0 radical (unpaired) electrons. The van der Waals surface area contributed by atoms with Crippen molar-refractivity contribution in [2.24, 2.45) is 0 Å². The molecule has 1 aromatic heterocycles. The van der Waals surface area contributed by atoms with Gasteiger partial charge in [-0.2, -0.15) is 0 Å². The molecule has 7 nitrogen and oxygen atoms in total. The summed E-state index contributed by atoms with van der Waals surface area (Å²) in [5.41, 5.74) is 0.674. The molecule has 134 valence electrons. The van der Waals surface area contributed by atoms with E-state index >= 15 is 0 Å². The van der Waals surface area contributed by atoms with Crippen molar-refractivity contribution in [1.29, 1.82) is 0 Å². The fraction of sp³-hybridized carbons (Fsp3) is 0.200. The molecule has 0 N–H and O–H groups in total. The maximum Gasteiger partial charge on any atom is 0.338 e. The minimum absolute atomic E-state index is 0.0360. The van der Waals surface area contributed by atoms with Crippen molar-refractivity contribution in [2.45, 2.75) is 11.5 Å². The summed E-state index contributed by atoms with van der Waals surface area (Å²) in [5, 5.41) is 0.284. The number of rotatable bonds is 6. The van der Waals surface area contributed by atoms with E-state index in [1.54, 1.807) is 12.1 Å². The van der Waals surface area contributed by atoms with Gasteiger partial charge >= 0.3 is 5.97 Å². The molecule has 10 heteroatoms. The molecule has 2 rings (SSSR count). The summed E-state index contributed by atoms with van der Waals surface area (Å²) in [5.74, 6) is -0.705. The number of sulfonamides is 1. The van der Waals surface area contributed by atoms with Crippen LogP contribution in [0, 0.1) is 0 Å². The summed E-state index contributed by atoms with van der Waals surface area (Å²) in [6.07, 6.45) is 1.47. The maximum atomic E-state index is 12.3. The lowest BCUT2D eigenvalue weighted by atomic mass is 10.2. The summed E-state index contributed by atoms with van der Waals surface area (Å²) in [6.45, 7) is -0.0360. The van der Waals surface area contributed by atoms with Gasteiger partial charge in [0.1, 0.15) is 16.7 Å². The fourth-order valence-electron chi connectivity index (χ4n) is 1.79. The van der Waals surface area contributed by atoms with E-state index in [0.717, 1.165) is 6.07 Å². The molecule has 0 aliphatic rings. The average molecular weight is 405 g/mol. The third-order valence-electron chi connectivity index (χ3n) is 3.20. The first-order valence-electron chi connectivity index (χ1n) is 6.86. The predicted octanol–water partition coefficient (Wildman–Crippen LogP) is 2.93. The molecular weight excluding hydrogens is 391 g/mol. The second-order valence-electron chi connectivity index (χ2n) is 4.81. The van der Waals surface area contributed by atoms with Crippen molar-refractivity contribution >= 4 is 39.2 Å². The lowest BCUT2D eigenvalue weighted by molar-refractivity contribution is -0.0258. The average Bonchev–Trinajstić information content (AvgIpc) is 2.60. The van der Waals surface area contributed by atoms with Crippen LogP contribution in [0.1, 0.15) is 15.9 Å². The Morgan fingerprint density at radius 3 is 2.56 bits per heavy atom. The summed E-state index contributed by atoms with van der Waals surface area (Å²) < 4.78 is 30.4. The summed E-state index contributed by atoms with van der Waals surface area (Å²) in [7, 11) is -1.59. The Morgan fingerprint density at radius 2 is 1.96 bits per heavy atom. The molecule has 0 bridgehead atoms. The second kappa shape index (κ2) is 8.11. The van der Waals surface area contributed by atoms with Gasteiger partial charge < -0.3 is 4.74 Å². The van der Waals surface area contributed by atoms with Crippen LogP contribution >= 0.6 is 23.2 Å². The van der Waals surface area contributed by atoms with Crippen molar-refractivity contribution in [1.82, 2.24) is 9.45 Å². The van der Waals surface area contributed by atoms with Crippen LogP contribution in [0.2, 0.25) is 10.2 Å². The quantitative estimate of drug-likeness (QED) is 0.417. The number of benzene rings is 1. The van der Waals surface area contributed by atoms with Crippen LogP contribution in [0.3, 0.4) is 0 Å². The van der Waals surface area contributed by atoms with Gasteiger partial charge in [0.2, 0.25) is 0 Å². The number of esters is 1. The molecule has 0 unspecified atom stereocenters. The van der Waals surface area contributed by atoms with Crippen molar-refractivity contribution in [3.63, 3.8) is 0 Å². The Bertz CT molecular complexity index is 872. The highest BCUT2D eigenvalue weighted by atomic mass is 35.5. The number of aromatic nitrogens is 1. The van der Waals surface area contributed by atoms with E-state index < -0.39 is 16.0 Å². The van der Waals surface area contributed by atoms with E-state index in [2.05, 4.69) is 4.98 Å². The van der Waals surface area contributed by atoms with E-state index in [1.165, 1.54) is 32.5 Å². The molecule has 0 aliphatic carbocycles. The Kier molecular flexibility index (Phi) is 6.36. The number of hydrogen-bond donors (Lipinski definition) is 0. The Labute approximate surface area is 155 Å². The first-order valence-corrected chi connectivity index (χ1v) is 9.05. The van der Waals surface area contributed by atoms with Crippen LogP contribution in [0.15, 0.2) is 41.4 Å². The minimum Gasteiger partial charge on any atom is -0.457 e. The van der Waals surface area contributed by atoms with Gasteiger partial charge in [-0.3, -0.25) is 4.84 Å². The third kappa shape index (κ3) is 4.68. The van der Waals surface area contributed by atoms with Crippen LogP contribution in [-0.2, 0) is 26.2 Å².